The fraction of sp³-hybridized carbons (Fsp3) is 0.533. The number of hydrogen-bond acceptors (Lipinski definition) is 2. The summed E-state index contributed by atoms with van der Waals surface area (Å²) in [6.45, 7) is 6.33. The smallest absolute Gasteiger partial charge is 0.311 e. The van der Waals surface area contributed by atoms with Gasteiger partial charge in [-0.1, -0.05) is 45.0 Å². The molecule has 1 rings (SSSR count). The van der Waals surface area contributed by atoms with Gasteiger partial charge in [-0.3, -0.25) is 4.79 Å². The molecule has 0 aliphatic rings. The molecule has 0 aliphatic heterocycles. The molecule has 18 heavy (non-hydrogen) atoms. The molecule has 3 nitrogen and oxygen atoms in total. The van der Waals surface area contributed by atoms with Gasteiger partial charge < -0.3 is 10.8 Å². The molecule has 0 saturated carbocycles. The standard InChI is InChI=1S/C15H23NO2/c1-4-15(10-16,14(17)18)9-12-5-7-13(8-6-12)11(2)3/h5-8,11H,4,9-10,16H2,1-3H3,(H,17,18). The molecule has 0 radical (unpaired) electrons. The quantitative estimate of drug-likeness (QED) is 0.815. The lowest BCUT2D eigenvalue weighted by molar-refractivity contribution is -0.148. The largest absolute Gasteiger partial charge is 0.481 e. The average Bonchev–Trinajstić information content (AvgIpc) is 2.36. The molecule has 1 aromatic carbocycles. The molecule has 0 heterocycles. The number of carboxylic acids is 1. The van der Waals surface area contributed by atoms with Crippen molar-refractivity contribution in [3.8, 4) is 0 Å². The number of hydrogen-bond donors (Lipinski definition) is 2. The fourth-order valence-electron chi connectivity index (χ4n) is 2.07. The van der Waals surface area contributed by atoms with E-state index in [9.17, 15) is 9.90 Å². The molecular formula is C15H23NO2. The summed E-state index contributed by atoms with van der Waals surface area (Å²) in [4.78, 5) is 11.4. The summed E-state index contributed by atoms with van der Waals surface area (Å²) in [5.41, 5.74) is 7.13. The molecule has 1 unspecified atom stereocenters. The first-order valence-electron chi connectivity index (χ1n) is 6.47. The van der Waals surface area contributed by atoms with Crippen molar-refractivity contribution in [1.82, 2.24) is 0 Å². The highest BCUT2D eigenvalue weighted by Crippen LogP contribution is 2.27. The van der Waals surface area contributed by atoms with E-state index in [2.05, 4.69) is 26.0 Å². The highest BCUT2D eigenvalue weighted by Gasteiger charge is 2.35. The minimum Gasteiger partial charge on any atom is -0.481 e. The second-order valence-electron chi connectivity index (χ2n) is 5.22. The Balaban J connectivity index is 2.91. The first-order valence-corrected chi connectivity index (χ1v) is 6.47. The van der Waals surface area contributed by atoms with Crippen molar-refractivity contribution in [1.29, 1.82) is 0 Å². The molecule has 100 valence electrons. The van der Waals surface area contributed by atoms with Gasteiger partial charge in [-0.05, 0) is 29.9 Å². The van der Waals surface area contributed by atoms with Gasteiger partial charge in [-0.25, -0.2) is 0 Å². The van der Waals surface area contributed by atoms with Crippen LogP contribution in [0.1, 0.15) is 44.2 Å². The van der Waals surface area contributed by atoms with Gasteiger partial charge in [0.1, 0.15) is 0 Å². The second-order valence-corrected chi connectivity index (χ2v) is 5.22. The van der Waals surface area contributed by atoms with Crippen LogP contribution in [0.3, 0.4) is 0 Å². The van der Waals surface area contributed by atoms with E-state index >= 15 is 0 Å². The lowest BCUT2D eigenvalue weighted by Crippen LogP contribution is -2.40. The van der Waals surface area contributed by atoms with E-state index in [-0.39, 0.29) is 6.54 Å². The van der Waals surface area contributed by atoms with Gasteiger partial charge in [-0.15, -0.1) is 0 Å². The number of carbonyl (C=O) groups is 1. The number of nitrogens with two attached hydrogens (primary N) is 1. The third-order valence-electron chi connectivity index (χ3n) is 3.71. The number of rotatable bonds is 6. The summed E-state index contributed by atoms with van der Waals surface area (Å²) < 4.78 is 0. The Morgan fingerprint density at radius 1 is 1.33 bits per heavy atom. The van der Waals surface area contributed by atoms with Crippen LogP contribution in [0, 0.1) is 5.41 Å². The highest BCUT2D eigenvalue weighted by atomic mass is 16.4. The summed E-state index contributed by atoms with van der Waals surface area (Å²) in [5.74, 6) is -0.315. The zero-order chi connectivity index (χ0) is 13.8. The van der Waals surface area contributed by atoms with E-state index in [4.69, 9.17) is 5.73 Å². The molecule has 0 spiro atoms. The third kappa shape index (κ3) is 3.10. The Morgan fingerprint density at radius 2 is 1.89 bits per heavy atom. The van der Waals surface area contributed by atoms with E-state index in [1.165, 1.54) is 5.56 Å². The molecule has 3 heteroatoms. The van der Waals surface area contributed by atoms with Crippen LogP contribution in [-0.4, -0.2) is 17.6 Å². The van der Waals surface area contributed by atoms with Crippen molar-refractivity contribution in [3.05, 3.63) is 35.4 Å². The van der Waals surface area contributed by atoms with Crippen LogP contribution in [-0.2, 0) is 11.2 Å². The van der Waals surface area contributed by atoms with Crippen molar-refractivity contribution in [2.45, 2.75) is 39.5 Å². The maximum Gasteiger partial charge on any atom is 0.311 e. The first kappa shape index (κ1) is 14.7. The molecule has 0 aromatic heterocycles. The first-order chi connectivity index (χ1) is 8.45. The molecule has 0 fully saturated rings. The van der Waals surface area contributed by atoms with E-state index in [0.29, 0.717) is 18.8 Å². The van der Waals surface area contributed by atoms with Crippen LogP contribution in [0.25, 0.3) is 0 Å². The van der Waals surface area contributed by atoms with Crippen LogP contribution >= 0.6 is 0 Å². The Morgan fingerprint density at radius 3 is 2.22 bits per heavy atom. The van der Waals surface area contributed by atoms with Crippen molar-refractivity contribution < 1.29 is 9.90 Å². The fourth-order valence-corrected chi connectivity index (χ4v) is 2.07. The van der Waals surface area contributed by atoms with Crippen molar-refractivity contribution >= 4 is 5.97 Å². The van der Waals surface area contributed by atoms with Gasteiger partial charge in [0.05, 0.1) is 5.41 Å². The number of carboxylic acid groups (broad SMARTS) is 1. The molecule has 0 aliphatic carbocycles. The van der Waals surface area contributed by atoms with Crippen LogP contribution in [0.4, 0.5) is 0 Å². The third-order valence-corrected chi connectivity index (χ3v) is 3.71. The maximum absolute atomic E-state index is 11.4. The second kappa shape index (κ2) is 6.01. The highest BCUT2D eigenvalue weighted by molar-refractivity contribution is 5.75. The summed E-state index contributed by atoms with van der Waals surface area (Å²) in [6, 6.07) is 8.16. The van der Waals surface area contributed by atoms with Crippen LogP contribution < -0.4 is 5.73 Å². The summed E-state index contributed by atoms with van der Waals surface area (Å²) in [7, 11) is 0. The minimum absolute atomic E-state index is 0.171. The minimum atomic E-state index is -0.834. The summed E-state index contributed by atoms with van der Waals surface area (Å²) in [5, 5.41) is 9.35. The zero-order valence-corrected chi connectivity index (χ0v) is 11.4. The van der Waals surface area contributed by atoms with Gasteiger partial charge in [0.15, 0.2) is 0 Å². The van der Waals surface area contributed by atoms with Crippen LogP contribution in [0.15, 0.2) is 24.3 Å². The van der Waals surface area contributed by atoms with Crippen molar-refractivity contribution in [3.63, 3.8) is 0 Å². The van der Waals surface area contributed by atoms with Crippen LogP contribution in [0.2, 0.25) is 0 Å². The Hall–Kier alpha value is -1.35. The lowest BCUT2D eigenvalue weighted by Gasteiger charge is -2.26. The number of benzene rings is 1. The Bertz CT molecular complexity index is 391. The van der Waals surface area contributed by atoms with Gasteiger partial charge in [-0.2, -0.15) is 0 Å². The number of aliphatic carboxylic acids is 1. The van der Waals surface area contributed by atoms with Crippen molar-refractivity contribution in [2.24, 2.45) is 11.1 Å². The van der Waals surface area contributed by atoms with Gasteiger partial charge >= 0.3 is 5.97 Å². The molecular weight excluding hydrogens is 226 g/mol. The van der Waals surface area contributed by atoms with Gasteiger partial charge in [0.25, 0.3) is 0 Å². The van der Waals surface area contributed by atoms with E-state index in [1.807, 2.05) is 19.1 Å². The summed E-state index contributed by atoms with van der Waals surface area (Å²) in [6.07, 6.45) is 1.04. The average molecular weight is 249 g/mol. The predicted octanol–water partition coefficient (Wildman–Crippen LogP) is 2.79. The van der Waals surface area contributed by atoms with E-state index in [1.54, 1.807) is 0 Å². The lowest BCUT2D eigenvalue weighted by atomic mass is 9.79. The molecule has 3 N–H and O–H groups in total. The van der Waals surface area contributed by atoms with E-state index < -0.39 is 11.4 Å². The monoisotopic (exact) mass is 249 g/mol. The molecule has 0 amide bonds. The van der Waals surface area contributed by atoms with Gasteiger partial charge in [0.2, 0.25) is 0 Å². The van der Waals surface area contributed by atoms with E-state index in [0.717, 1.165) is 5.56 Å². The molecule has 1 atom stereocenters. The zero-order valence-electron chi connectivity index (χ0n) is 11.4. The molecule has 0 saturated heterocycles. The normalized spacial score (nSPS) is 14.5. The maximum atomic E-state index is 11.4. The predicted molar refractivity (Wildman–Crippen MR) is 73.6 cm³/mol. The van der Waals surface area contributed by atoms with Crippen molar-refractivity contribution in [2.75, 3.05) is 6.54 Å². The summed E-state index contributed by atoms with van der Waals surface area (Å²) >= 11 is 0. The SMILES string of the molecule is CCC(CN)(Cc1ccc(C(C)C)cc1)C(=O)O. The Kier molecular flexibility index (Phi) is 4.91. The molecule has 1 aromatic rings. The van der Waals surface area contributed by atoms with Crippen LogP contribution in [0.5, 0.6) is 0 Å². The Labute approximate surface area is 109 Å². The van der Waals surface area contributed by atoms with Gasteiger partial charge in [0, 0.05) is 6.54 Å². The molecule has 0 bridgehead atoms. The topological polar surface area (TPSA) is 63.3 Å².